The molecule has 0 aliphatic heterocycles. The third kappa shape index (κ3) is 5.83. The Bertz CT molecular complexity index is 147. The Labute approximate surface area is 46.8 Å². The summed E-state index contributed by atoms with van der Waals surface area (Å²) in [6.07, 6.45) is -1.87. The zero-order chi connectivity index (χ0) is 6.78. The fraction of sp³-hybridized carbons (Fsp3) is 1.00. The van der Waals surface area contributed by atoms with Gasteiger partial charge in [-0.05, 0) is 0 Å². The number of primary sulfonamides is 1. The number of aliphatic hydroxyl groups excluding tert-OH is 1. The molecular formula is C2H7NO4S. The monoisotopic (exact) mass is 141 g/mol. The van der Waals surface area contributed by atoms with Crippen LogP contribution in [0.15, 0.2) is 0 Å². The molecule has 0 heterocycles. The van der Waals surface area contributed by atoms with E-state index < -0.39 is 22.1 Å². The highest BCUT2D eigenvalue weighted by Crippen LogP contribution is 1.80. The van der Waals surface area contributed by atoms with Crippen molar-refractivity contribution in [2.75, 3.05) is 5.75 Å². The second-order valence-electron chi connectivity index (χ2n) is 1.31. The number of nitrogens with two attached hydrogens (primary N) is 1. The minimum absolute atomic E-state index is 0.812. The summed E-state index contributed by atoms with van der Waals surface area (Å²) >= 11 is 0. The Morgan fingerprint density at radius 1 is 1.50 bits per heavy atom. The molecule has 0 spiro atoms. The lowest BCUT2D eigenvalue weighted by Crippen LogP contribution is -2.25. The van der Waals surface area contributed by atoms with E-state index in [4.69, 9.17) is 10.2 Å². The van der Waals surface area contributed by atoms with Crippen LogP contribution < -0.4 is 5.14 Å². The van der Waals surface area contributed by atoms with Crippen LogP contribution in [-0.4, -0.2) is 30.7 Å². The average molecular weight is 141 g/mol. The van der Waals surface area contributed by atoms with Crippen LogP contribution in [0.25, 0.3) is 0 Å². The fourth-order valence-electron chi connectivity index (χ4n) is 0.208. The molecule has 6 heteroatoms. The van der Waals surface area contributed by atoms with Crippen LogP contribution in [0, 0.1) is 0 Å². The van der Waals surface area contributed by atoms with Gasteiger partial charge < -0.3 is 10.2 Å². The summed E-state index contributed by atoms with van der Waals surface area (Å²) in [5.74, 6) is -0.812. The Morgan fingerprint density at radius 2 is 1.88 bits per heavy atom. The number of hydrogen-bond acceptors (Lipinski definition) is 4. The molecule has 0 fully saturated rings. The van der Waals surface area contributed by atoms with E-state index in [2.05, 4.69) is 5.14 Å². The van der Waals surface area contributed by atoms with Crippen LogP contribution >= 0.6 is 0 Å². The van der Waals surface area contributed by atoms with Gasteiger partial charge in [-0.3, -0.25) is 0 Å². The van der Waals surface area contributed by atoms with E-state index in [1.807, 2.05) is 0 Å². The number of sulfonamides is 1. The van der Waals surface area contributed by atoms with E-state index in [1.165, 1.54) is 0 Å². The molecule has 0 unspecified atom stereocenters. The summed E-state index contributed by atoms with van der Waals surface area (Å²) < 4.78 is 19.8. The molecule has 0 atom stereocenters. The second kappa shape index (κ2) is 2.40. The van der Waals surface area contributed by atoms with Crippen molar-refractivity contribution >= 4 is 10.0 Å². The molecule has 8 heavy (non-hydrogen) atoms. The van der Waals surface area contributed by atoms with Crippen LogP contribution in [-0.2, 0) is 10.0 Å². The third-order valence-electron chi connectivity index (χ3n) is 0.381. The van der Waals surface area contributed by atoms with Crippen molar-refractivity contribution in [1.82, 2.24) is 0 Å². The normalized spacial score (nSPS) is 12.5. The quantitative estimate of drug-likeness (QED) is 0.373. The molecule has 0 aliphatic carbocycles. The molecule has 0 amide bonds. The van der Waals surface area contributed by atoms with Gasteiger partial charge in [0.1, 0.15) is 5.75 Å². The lowest BCUT2D eigenvalue weighted by atomic mass is 10.8. The molecule has 5 nitrogen and oxygen atoms in total. The van der Waals surface area contributed by atoms with Crippen LogP contribution in [0.3, 0.4) is 0 Å². The smallest absolute Gasteiger partial charge is 0.214 e. The van der Waals surface area contributed by atoms with Crippen LogP contribution in [0.2, 0.25) is 0 Å². The zero-order valence-electron chi connectivity index (χ0n) is 3.98. The van der Waals surface area contributed by atoms with Crippen molar-refractivity contribution in [1.29, 1.82) is 0 Å². The predicted octanol–water partition coefficient (Wildman–Crippen LogP) is -2.41. The first-order valence-electron chi connectivity index (χ1n) is 1.78. The van der Waals surface area contributed by atoms with Gasteiger partial charge in [-0.15, -0.1) is 0 Å². The van der Waals surface area contributed by atoms with Crippen molar-refractivity contribution in [2.45, 2.75) is 6.29 Å². The van der Waals surface area contributed by atoms with Gasteiger partial charge >= 0.3 is 0 Å². The number of rotatable bonds is 2. The first-order chi connectivity index (χ1) is 3.42. The van der Waals surface area contributed by atoms with Crippen molar-refractivity contribution in [2.24, 2.45) is 5.14 Å². The summed E-state index contributed by atoms with van der Waals surface area (Å²) in [5.41, 5.74) is 0. The molecule has 0 saturated carbocycles. The maximum absolute atomic E-state index is 9.90. The molecule has 0 radical (unpaired) electrons. The summed E-state index contributed by atoms with van der Waals surface area (Å²) in [7, 11) is -3.72. The first kappa shape index (κ1) is 7.83. The lowest BCUT2D eigenvalue weighted by Gasteiger charge is -1.97. The minimum atomic E-state index is -3.72. The van der Waals surface area contributed by atoms with Gasteiger partial charge in [0.25, 0.3) is 0 Å². The first-order valence-corrected chi connectivity index (χ1v) is 3.50. The van der Waals surface area contributed by atoms with Crippen LogP contribution in [0.5, 0.6) is 0 Å². The molecule has 0 aromatic heterocycles. The summed E-state index contributed by atoms with van der Waals surface area (Å²) in [5, 5.41) is 20.4. The molecule has 50 valence electrons. The topological polar surface area (TPSA) is 101 Å². The van der Waals surface area contributed by atoms with Crippen molar-refractivity contribution in [3.8, 4) is 0 Å². The number of hydrogen-bond donors (Lipinski definition) is 3. The van der Waals surface area contributed by atoms with E-state index in [-0.39, 0.29) is 0 Å². The maximum Gasteiger partial charge on any atom is 0.214 e. The van der Waals surface area contributed by atoms with Gasteiger partial charge in [0, 0.05) is 0 Å². The van der Waals surface area contributed by atoms with E-state index in [1.54, 1.807) is 0 Å². The second-order valence-corrected chi connectivity index (χ2v) is 2.97. The highest BCUT2D eigenvalue weighted by atomic mass is 32.2. The Balaban J connectivity index is 3.75. The molecule has 0 rings (SSSR count). The molecule has 0 saturated heterocycles. The van der Waals surface area contributed by atoms with Gasteiger partial charge in [-0.25, -0.2) is 13.6 Å². The van der Waals surface area contributed by atoms with Crippen LogP contribution in [0.4, 0.5) is 0 Å². The van der Waals surface area contributed by atoms with Crippen molar-refractivity contribution in [3.63, 3.8) is 0 Å². The van der Waals surface area contributed by atoms with Gasteiger partial charge in [-0.2, -0.15) is 0 Å². The van der Waals surface area contributed by atoms with Gasteiger partial charge in [0.05, 0.1) is 0 Å². The highest BCUT2D eigenvalue weighted by Gasteiger charge is 2.07. The predicted molar refractivity (Wildman–Crippen MR) is 26.2 cm³/mol. The highest BCUT2D eigenvalue weighted by molar-refractivity contribution is 7.89. The molecule has 4 N–H and O–H groups in total. The van der Waals surface area contributed by atoms with Gasteiger partial charge in [0.2, 0.25) is 10.0 Å². The molecular weight excluding hydrogens is 134 g/mol. The van der Waals surface area contributed by atoms with E-state index in [0.717, 1.165) is 0 Å². The summed E-state index contributed by atoms with van der Waals surface area (Å²) in [6, 6.07) is 0. The zero-order valence-corrected chi connectivity index (χ0v) is 4.80. The third-order valence-corrected chi connectivity index (χ3v) is 1.14. The Kier molecular flexibility index (Phi) is 2.35. The lowest BCUT2D eigenvalue weighted by molar-refractivity contribution is -0.0198. The van der Waals surface area contributed by atoms with E-state index in [9.17, 15) is 8.42 Å². The number of aliphatic hydroxyl groups is 2. The fourth-order valence-corrected chi connectivity index (χ4v) is 0.623. The SMILES string of the molecule is NS(=O)(=O)CC(O)O. The Hall–Kier alpha value is -0.170. The Morgan fingerprint density at radius 3 is 1.88 bits per heavy atom. The van der Waals surface area contributed by atoms with E-state index in [0.29, 0.717) is 0 Å². The largest absolute Gasteiger partial charge is 0.367 e. The van der Waals surface area contributed by atoms with Crippen molar-refractivity contribution < 1.29 is 18.6 Å². The summed E-state index contributed by atoms with van der Waals surface area (Å²) in [4.78, 5) is 0. The standard InChI is InChI=1S/C2H7NO4S/c3-8(6,7)1-2(4)5/h2,4-5H,1H2,(H2,3,6,7). The summed E-state index contributed by atoms with van der Waals surface area (Å²) in [6.45, 7) is 0. The van der Waals surface area contributed by atoms with Crippen LogP contribution in [0.1, 0.15) is 0 Å². The van der Waals surface area contributed by atoms with E-state index >= 15 is 0 Å². The molecule has 0 aromatic rings. The van der Waals surface area contributed by atoms with Crippen molar-refractivity contribution in [3.05, 3.63) is 0 Å². The molecule has 0 aromatic carbocycles. The average Bonchev–Trinajstić information content (AvgIpc) is 1.21. The molecule has 0 aliphatic rings. The molecule has 0 bridgehead atoms. The van der Waals surface area contributed by atoms with Gasteiger partial charge in [0.15, 0.2) is 6.29 Å². The minimum Gasteiger partial charge on any atom is -0.367 e. The van der Waals surface area contributed by atoms with Gasteiger partial charge in [-0.1, -0.05) is 0 Å². The maximum atomic E-state index is 9.90.